The lowest BCUT2D eigenvalue weighted by atomic mass is 9.98. The van der Waals surface area contributed by atoms with Crippen LogP contribution >= 0.6 is 0 Å². The number of nitrogens with two attached hydrogens (primary N) is 1. The molecule has 1 aromatic rings. The lowest BCUT2D eigenvalue weighted by Gasteiger charge is -2.36. The second-order valence-corrected chi connectivity index (χ2v) is 5.26. The Bertz CT molecular complexity index is 466. The number of carbonyl (C=O) groups is 1. The van der Waals surface area contributed by atoms with Crippen LogP contribution in [-0.4, -0.2) is 44.2 Å². The van der Waals surface area contributed by atoms with Crippen molar-refractivity contribution >= 4 is 5.91 Å². The molecule has 0 aliphatic carbocycles. The first-order chi connectivity index (χ1) is 10.2. The van der Waals surface area contributed by atoms with E-state index in [1.165, 1.54) is 0 Å². The standard InChI is InChI=1S/C16H24N2O3/c1-20-13-7-5-8-14(21-2)15(13)16(19)18-11-4-3-6-12(18)9-10-17/h5,7-8,12H,3-4,6,9-11,17H2,1-2H3. The zero-order valence-electron chi connectivity index (χ0n) is 12.8. The van der Waals surface area contributed by atoms with Crippen molar-refractivity contribution in [3.05, 3.63) is 23.8 Å². The molecule has 1 aliphatic rings. The number of amides is 1. The number of carbonyl (C=O) groups excluding carboxylic acids is 1. The number of nitrogens with zero attached hydrogens (tertiary/aromatic N) is 1. The Morgan fingerprint density at radius 1 is 1.29 bits per heavy atom. The molecule has 0 aromatic heterocycles. The molecule has 1 heterocycles. The van der Waals surface area contributed by atoms with Gasteiger partial charge < -0.3 is 20.1 Å². The van der Waals surface area contributed by atoms with E-state index in [4.69, 9.17) is 15.2 Å². The van der Waals surface area contributed by atoms with Gasteiger partial charge in [-0.3, -0.25) is 4.79 Å². The number of hydrogen-bond acceptors (Lipinski definition) is 4. The lowest BCUT2D eigenvalue weighted by molar-refractivity contribution is 0.0598. The number of methoxy groups -OCH3 is 2. The minimum atomic E-state index is -0.0255. The van der Waals surface area contributed by atoms with Crippen molar-refractivity contribution in [2.24, 2.45) is 5.73 Å². The minimum absolute atomic E-state index is 0.0255. The van der Waals surface area contributed by atoms with Gasteiger partial charge >= 0.3 is 0 Å². The second kappa shape index (κ2) is 7.31. The van der Waals surface area contributed by atoms with E-state index in [9.17, 15) is 4.79 Å². The van der Waals surface area contributed by atoms with E-state index in [0.717, 1.165) is 32.2 Å². The molecule has 5 heteroatoms. The molecule has 2 N–H and O–H groups in total. The lowest BCUT2D eigenvalue weighted by Crippen LogP contribution is -2.44. The fraction of sp³-hybridized carbons (Fsp3) is 0.562. The van der Waals surface area contributed by atoms with Crippen LogP contribution in [0.2, 0.25) is 0 Å². The summed E-state index contributed by atoms with van der Waals surface area (Å²) in [6.07, 6.45) is 4.03. The highest BCUT2D eigenvalue weighted by Crippen LogP contribution is 2.32. The van der Waals surface area contributed by atoms with Crippen LogP contribution in [0, 0.1) is 0 Å². The van der Waals surface area contributed by atoms with E-state index in [0.29, 0.717) is 23.6 Å². The van der Waals surface area contributed by atoms with Crippen LogP contribution in [0.25, 0.3) is 0 Å². The van der Waals surface area contributed by atoms with Crippen molar-refractivity contribution in [2.45, 2.75) is 31.7 Å². The molecule has 0 radical (unpaired) electrons. The van der Waals surface area contributed by atoms with Crippen molar-refractivity contribution < 1.29 is 14.3 Å². The summed E-state index contributed by atoms with van der Waals surface area (Å²) >= 11 is 0. The number of hydrogen-bond donors (Lipinski definition) is 1. The van der Waals surface area contributed by atoms with Crippen LogP contribution in [0.3, 0.4) is 0 Å². The molecule has 0 bridgehead atoms. The number of likely N-dealkylation sites (tertiary alicyclic amines) is 1. The summed E-state index contributed by atoms with van der Waals surface area (Å²) in [5, 5.41) is 0. The van der Waals surface area contributed by atoms with Gasteiger partial charge in [0.15, 0.2) is 0 Å². The summed E-state index contributed by atoms with van der Waals surface area (Å²) in [5.41, 5.74) is 6.19. The molecule has 116 valence electrons. The van der Waals surface area contributed by atoms with E-state index in [1.807, 2.05) is 11.0 Å². The highest BCUT2D eigenvalue weighted by Gasteiger charge is 2.30. The molecule has 1 aliphatic heterocycles. The third kappa shape index (κ3) is 3.29. The highest BCUT2D eigenvalue weighted by atomic mass is 16.5. The summed E-state index contributed by atoms with van der Waals surface area (Å²) in [5.74, 6) is 1.08. The SMILES string of the molecule is COc1cccc(OC)c1C(=O)N1CCCCC1CCN. The van der Waals surface area contributed by atoms with Crippen LogP contribution in [0.15, 0.2) is 18.2 Å². The van der Waals surface area contributed by atoms with Gasteiger partial charge in [0.1, 0.15) is 17.1 Å². The maximum Gasteiger partial charge on any atom is 0.261 e. The van der Waals surface area contributed by atoms with Crippen molar-refractivity contribution in [2.75, 3.05) is 27.3 Å². The minimum Gasteiger partial charge on any atom is -0.496 e. The Labute approximate surface area is 126 Å². The smallest absolute Gasteiger partial charge is 0.261 e. The Morgan fingerprint density at radius 3 is 2.52 bits per heavy atom. The summed E-state index contributed by atoms with van der Waals surface area (Å²) in [6, 6.07) is 5.61. The Kier molecular flexibility index (Phi) is 5.44. The van der Waals surface area contributed by atoms with Gasteiger partial charge in [-0.2, -0.15) is 0 Å². The maximum atomic E-state index is 13.0. The van der Waals surface area contributed by atoms with E-state index in [2.05, 4.69) is 0 Å². The molecule has 5 nitrogen and oxygen atoms in total. The molecule has 1 aromatic carbocycles. The zero-order chi connectivity index (χ0) is 15.2. The van der Waals surface area contributed by atoms with Crippen LogP contribution in [0.1, 0.15) is 36.0 Å². The number of rotatable bonds is 5. The number of piperidine rings is 1. The molecule has 2 rings (SSSR count). The first kappa shape index (κ1) is 15.6. The first-order valence-electron chi connectivity index (χ1n) is 7.45. The second-order valence-electron chi connectivity index (χ2n) is 5.26. The summed E-state index contributed by atoms with van der Waals surface area (Å²) in [6.45, 7) is 1.36. The van der Waals surface area contributed by atoms with Crippen molar-refractivity contribution in [1.29, 1.82) is 0 Å². The van der Waals surface area contributed by atoms with Gasteiger partial charge in [-0.25, -0.2) is 0 Å². The summed E-state index contributed by atoms with van der Waals surface area (Å²) < 4.78 is 10.7. The predicted molar refractivity (Wildman–Crippen MR) is 81.9 cm³/mol. The largest absolute Gasteiger partial charge is 0.496 e. The normalized spacial score (nSPS) is 18.4. The third-order valence-corrected chi connectivity index (χ3v) is 4.03. The van der Waals surface area contributed by atoms with E-state index in [-0.39, 0.29) is 11.9 Å². The van der Waals surface area contributed by atoms with E-state index >= 15 is 0 Å². The van der Waals surface area contributed by atoms with Crippen molar-refractivity contribution in [3.8, 4) is 11.5 Å². The van der Waals surface area contributed by atoms with Gasteiger partial charge in [-0.15, -0.1) is 0 Å². The van der Waals surface area contributed by atoms with Gasteiger partial charge in [0.05, 0.1) is 14.2 Å². The van der Waals surface area contributed by atoms with Crippen molar-refractivity contribution in [1.82, 2.24) is 4.90 Å². The van der Waals surface area contributed by atoms with E-state index in [1.54, 1.807) is 26.4 Å². The third-order valence-electron chi connectivity index (χ3n) is 4.03. The molecule has 0 saturated carbocycles. The van der Waals surface area contributed by atoms with Gasteiger partial charge in [0, 0.05) is 12.6 Å². The summed E-state index contributed by atoms with van der Waals surface area (Å²) in [4.78, 5) is 14.9. The number of benzene rings is 1. The molecule has 1 unspecified atom stereocenters. The van der Waals surface area contributed by atoms with Gasteiger partial charge in [0.25, 0.3) is 5.91 Å². The molecule has 1 amide bonds. The molecule has 0 spiro atoms. The first-order valence-corrected chi connectivity index (χ1v) is 7.45. The average molecular weight is 292 g/mol. The molecular formula is C16H24N2O3. The van der Waals surface area contributed by atoms with Crippen molar-refractivity contribution in [3.63, 3.8) is 0 Å². The zero-order valence-corrected chi connectivity index (χ0v) is 12.8. The maximum absolute atomic E-state index is 13.0. The molecule has 1 fully saturated rings. The highest BCUT2D eigenvalue weighted by molar-refractivity contribution is 6.00. The predicted octanol–water partition coefficient (Wildman–Crippen LogP) is 2.05. The Balaban J connectivity index is 2.33. The van der Waals surface area contributed by atoms with Crippen LogP contribution in [0.5, 0.6) is 11.5 Å². The fourth-order valence-electron chi connectivity index (χ4n) is 2.97. The average Bonchev–Trinajstić information content (AvgIpc) is 2.54. The van der Waals surface area contributed by atoms with E-state index < -0.39 is 0 Å². The quantitative estimate of drug-likeness (QED) is 0.902. The molecule has 21 heavy (non-hydrogen) atoms. The topological polar surface area (TPSA) is 64.8 Å². The molecule has 1 atom stereocenters. The Hall–Kier alpha value is -1.75. The van der Waals surface area contributed by atoms with Crippen LogP contribution in [0.4, 0.5) is 0 Å². The van der Waals surface area contributed by atoms with Crippen LogP contribution in [-0.2, 0) is 0 Å². The Morgan fingerprint density at radius 2 is 1.95 bits per heavy atom. The summed E-state index contributed by atoms with van der Waals surface area (Å²) in [7, 11) is 3.14. The molecular weight excluding hydrogens is 268 g/mol. The fourth-order valence-corrected chi connectivity index (χ4v) is 2.97. The van der Waals surface area contributed by atoms with Gasteiger partial charge in [-0.05, 0) is 44.4 Å². The molecule has 1 saturated heterocycles. The van der Waals surface area contributed by atoms with Gasteiger partial charge in [0.2, 0.25) is 0 Å². The number of ether oxygens (including phenoxy) is 2. The van der Waals surface area contributed by atoms with Crippen LogP contribution < -0.4 is 15.2 Å². The monoisotopic (exact) mass is 292 g/mol. The van der Waals surface area contributed by atoms with Gasteiger partial charge in [-0.1, -0.05) is 6.07 Å².